The Morgan fingerprint density at radius 1 is 1.28 bits per heavy atom. The van der Waals surface area contributed by atoms with Gasteiger partial charge in [-0.3, -0.25) is 0 Å². The molecular formula is C17H15ClF2N4O. The summed E-state index contributed by atoms with van der Waals surface area (Å²) in [6, 6.07) is 8.55. The van der Waals surface area contributed by atoms with Gasteiger partial charge in [0, 0.05) is 30.6 Å². The molecule has 0 fully saturated rings. The molecule has 2 heterocycles. The Hall–Kier alpha value is -2.67. The Balaban J connectivity index is 1.62. The Labute approximate surface area is 147 Å². The number of carbonyl (C=O) groups is 1. The van der Waals surface area contributed by atoms with Gasteiger partial charge in [0.2, 0.25) is 0 Å². The van der Waals surface area contributed by atoms with Crippen LogP contribution in [0.2, 0.25) is 5.02 Å². The summed E-state index contributed by atoms with van der Waals surface area (Å²) in [5.41, 5.74) is 1.48. The van der Waals surface area contributed by atoms with Crippen molar-refractivity contribution >= 4 is 29.0 Å². The van der Waals surface area contributed by atoms with E-state index in [1.165, 1.54) is 18.2 Å². The van der Waals surface area contributed by atoms with Crippen molar-refractivity contribution in [3.8, 4) is 0 Å². The molecule has 2 amide bonds. The average molecular weight is 365 g/mol. The molecule has 8 heteroatoms. The number of benzene rings is 1. The van der Waals surface area contributed by atoms with E-state index in [2.05, 4.69) is 15.6 Å². The van der Waals surface area contributed by atoms with Gasteiger partial charge in [-0.25, -0.2) is 18.6 Å². The molecule has 1 aromatic carbocycles. The molecule has 3 rings (SSSR count). The minimum Gasteiger partial charge on any atom is -0.332 e. The molecule has 0 bridgehead atoms. The number of nitrogens with zero attached hydrogens (tertiary/aromatic N) is 2. The summed E-state index contributed by atoms with van der Waals surface area (Å²) in [5, 5.41) is 5.74. The van der Waals surface area contributed by atoms with Crippen LogP contribution in [0.25, 0.3) is 5.65 Å². The molecule has 0 saturated heterocycles. The Kier molecular flexibility index (Phi) is 4.59. The molecule has 0 aliphatic heterocycles. The van der Waals surface area contributed by atoms with Crippen molar-refractivity contribution in [3.63, 3.8) is 0 Å². The van der Waals surface area contributed by atoms with Crippen LogP contribution in [0.4, 0.5) is 19.3 Å². The van der Waals surface area contributed by atoms with Crippen molar-refractivity contribution in [2.24, 2.45) is 0 Å². The van der Waals surface area contributed by atoms with Crippen molar-refractivity contribution in [2.45, 2.75) is 19.4 Å². The molecule has 0 aliphatic rings. The Bertz CT molecular complexity index is 920. The van der Waals surface area contributed by atoms with E-state index in [-0.39, 0.29) is 12.1 Å². The Morgan fingerprint density at radius 2 is 2.08 bits per heavy atom. The molecule has 0 atom stereocenters. The second-order valence-electron chi connectivity index (χ2n) is 5.62. The number of alkyl halides is 2. The lowest BCUT2D eigenvalue weighted by Gasteiger charge is -2.12. The van der Waals surface area contributed by atoms with Gasteiger partial charge in [-0.1, -0.05) is 23.7 Å². The highest BCUT2D eigenvalue weighted by atomic mass is 35.5. The molecule has 130 valence electrons. The van der Waals surface area contributed by atoms with Crippen LogP contribution in [0, 0.1) is 0 Å². The number of fused-ring (bicyclic) bond motifs is 1. The zero-order chi connectivity index (χ0) is 18.0. The van der Waals surface area contributed by atoms with Gasteiger partial charge < -0.3 is 15.0 Å². The highest BCUT2D eigenvalue weighted by Crippen LogP contribution is 2.28. The van der Waals surface area contributed by atoms with E-state index >= 15 is 0 Å². The normalized spacial score (nSPS) is 11.5. The minimum absolute atomic E-state index is 0.164. The molecule has 0 radical (unpaired) electrons. The van der Waals surface area contributed by atoms with Crippen LogP contribution in [0.3, 0.4) is 0 Å². The number of halogens is 3. The van der Waals surface area contributed by atoms with Crippen LogP contribution in [-0.4, -0.2) is 15.4 Å². The van der Waals surface area contributed by atoms with E-state index in [1.807, 2.05) is 0 Å². The average Bonchev–Trinajstić information content (AvgIpc) is 2.94. The van der Waals surface area contributed by atoms with Gasteiger partial charge in [0.15, 0.2) is 0 Å². The number of hydrogen-bond donors (Lipinski definition) is 2. The molecule has 0 saturated carbocycles. The second kappa shape index (κ2) is 6.68. The smallest absolute Gasteiger partial charge is 0.319 e. The van der Waals surface area contributed by atoms with Crippen molar-refractivity contribution in [2.75, 3.05) is 5.32 Å². The second-order valence-corrected chi connectivity index (χ2v) is 6.06. The van der Waals surface area contributed by atoms with Gasteiger partial charge in [-0.2, -0.15) is 0 Å². The van der Waals surface area contributed by atoms with Gasteiger partial charge in [0.05, 0.1) is 17.3 Å². The predicted molar refractivity (Wildman–Crippen MR) is 92.1 cm³/mol. The fourth-order valence-corrected chi connectivity index (χ4v) is 2.49. The summed E-state index contributed by atoms with van der Waals surface area (Å²) in [5.74, 6) is -2.97. The summed E-state index contributed by atoms with van der Waals surface area (Å²) in [6.45, 7) is 0.997. The summed E-state index contributed by atoms with van der Waals surface area (Å²) in [7, 11) is 0. The number of nitrogens with one attached hydrogen (secondary N) is 2. The first-order valence-electron chi connectivity index (χ1n) is 7.47. The summed E-state index contributed by atoms with van der Waals surface area (Å²) in [4.78, 5) is 16.3. The van der Waals surface area contributed by atoms with Crippen LogP contribution in [-0.2, 0) is 12.5 Å². The van der Waals surface area contributed by atoms with Gasteiger partial charge in [-0.15, -0.1) is 0 Å². The number of hydrogen-bond acceptors (Lipinski definition) is 2. The number of pyridine rings is 1. The minimum atomic E-state index is -2.97. The number of carbonyl (C=O) groups excluding carboxylic acids is 1. The molecule has 0 spiro atoms. The first kappa shape index (κ1) is 17.2. The lowest BCUT2D eigenvalue weighted by molar-refractivity contribution is 0.0175. The van der Waals surface area contributed by atoms with Crippen LogP contribution < -0.4 is 10.6 Å². The van der Waals surface area contributed by atoms with E-state index in [0.717, 1.165) is 6.92 Å². The van der Waals surface area contributed by atoms with Crippen molar-refractivity contribution in [1.29, 1.82) is 0 Å². The number of rotatable bonds is 4. The molecule has 3 aromatic rings. The largest absolute Gasteiger partial charge is 0.332 e. The molecular weight excluding hydrogens is 350 g/mol. The number of anilines is 1. The molecule has 0 aliphatic carbocycles. The van der Waals surface area contributed by atoms with E-state index < -0.39 is 12.0 Å². The van der Waals surface area contributed by atoms with E-state index in [9.17, 15) is 13.6 Å². The third-order valence-corrected chi connectivity index (χ3v) is 3.75. The van der Waals surface area contributed by atoms with Crippen LogP contribution >= 0.6 is 11.6 Å². The number of imidazole rings is 1. The molecule has 5 nitrogen and oxygen atoms in total. The maximum Gasteiger partial charge on any atom is 0.319 e. The highest BCUT2D eigenvalue weighted by Gasteiger charge is 2.24. The zero-order valence-electron chi connectivity index (χ0n) is 13.3. The third kappa shape index (κ3) is 4.24. The lowest BCUT2D eigenvalue weighted by Crippen LogP contribution is -2.28. The maximum absolute atomic E-state index is 13.3. The molecule has 0 unspecified atom stereocenters. The molecule has 2 N–H and O–H groups in total. The quantitative estimate of drug-likeness (QED) is 0.720. The van der Waals surface area contributed by atoms with Crippen LogP contribution in [0.15, 0.2) is 48.8 Å². The lowest BCUT2D eigenvalue weighted by atomic mass is 10.1. The third-order valence-electron chi connectivity index (χ3n) is 3.52. The van der Waals surface area contributed by atoms with Crippen LogP contribution in [0.5, 0.6) is 0 Å². The zero-order valence-corrected chi connectivity index (χ0v) is 14.0. The monoisotopic (exact) mass is 364 g/mol. The summed E-state index contributed by atoms with van der Waals surface area (Å²) in [6.07, 6.45) is 3.46. The summed E-state index contributed by atoms with van der Waals surface area (Å²) >= 11 is 5.91. The van der Waals surface area contributed by atoms with E-state index in [0.29, 0.717) is 22.1 Å². The first-order chi connectivity index (χ1) is 11.8. The van der Waals surface area contributed by atoms with Gasteiger partial charge in [0.25, 0.3) is 5.92 Å². The SMILES string of the molecule is CC(F)(F)c1cccc(NC(=O)NCc2cn3cc(Cl)ccc3n2)c1. The number of urea groups is 1. The standard InChI is InChI=1S/C17H15ClF2N4O/c1-17(19,20)11-3-2-4-13(7-11)23-16(25)21-8-14-10-24-9-12(18)5-6-15(24)22-14/h2-7,9-10H,8H2,1H3,(H2,21,23,25). The van der Waals surface area contributed by atoms with Gasteiger partial charge >= 0.3 is 6.03 Å². The van der Waals surface area contributed by atoms with E-state index in [4.69, 9.17) is 11.6 Å². The maximum atomic E-state index is 13.3. The molecule has 25 heavy (non-hydrogen) atoms. The fraction of sp³-hybridized carbons (Fsp3) is 0.176. The van der Waals surface area contributed by atoms with Gasteiger partial charge in [-0.05, 0) is 24.3 Å². The predicted octanol–water partition coefficient (Wildman–Crippen LogP) is 4.42. The topological polar surface area (TPSA) is 58.4 Å². The highest BCUT2D eigenvalue weighted by molar-refractivity contribution is 6.30. The van der Waals surface area contributed by atoms with Gasteiger partial charge in [0.1, 0.15) is 5.65 Å². The van der Waals surface area contributed by atoms with Crippen molar-refractivity contribution < 1.29 is 13.6 Å². The van der Waals surface area contributed by atoms with Crippen molar-refractivity contribution in [3.05, 3.63) is 65.1 Å². The number of amides is 2. The Morgan fingerprint density at radius 3 is 2.84 bits per heavy atom. The van der Waals surface area contributed by atoms with Crippen molar-refractivity contribution in [1.82, 2.24) is 14.7 Å². The van der Waals surface area contributed by atoms with E-state index in [1.54, 1.807) is 35.0 Å². The summed E-state index contributed by atoms with van der Waals surface area (Å²) < 4.78 is 28.4. The first-order valence-corrected chi connectivity index (χ1v) is 7.85. The number of aromatic nitrogens is 2. The fourth-order valence-electron chi connectivity index (χ4n) is 2.32. The molecule has 2 aromatic heterocycles. The van der Waals surface area contributed by atoms with Crippen LogP contribution in [0.1, 0.15) is 18.2 Å².